The van der Waals surface area contributed by atoms with Gasteiger partial charge in [-0.05, 0) is 12.8 Å². The Hall–Kier alpha value is -0.0400. The summed E-state index contributed by atoms with van der Waals surface area (Å²) in [5.74, 6) is 0.893. The van der Waals surface area contributed by atoms with Crippen molar-refractivity contribution in [3.63, 3.8) is 0 Å². The average Bonchev–Trinajstić information content (AvgIpc) is 1.93. The van der Waals surface area contributed by atoms with Crippen LogP contribution in [0.15, 0.2) is 0 Å². The third kappa shape index (κ3) is 1.72. The highest BCUT2D eigenvalue weighted by molar-refractivity contribution is 4.77. The van der Waals surface area contributed by atoms with Gasteiger partial charge in [-0.15, -0.1) is 0 Å². The van der Waals surface area contributed by atoms with E-state index in [1.54, 1.807) is 0 Å². The van der Waals surface area contributed by atoms with Crippen molar-refractivity contribution >= 4 is 0 Å². The Bertz CT molecular complexity index is 78.7. The minimum atomic E-state index is 0.616. The second-order valence-electron chi connectivity index (χ2n) is 3.21. The Labute approximate surface area is 63.8 Å². The lowest BCUT2D eigenvalue weighted by Gasteiger charge is -2.36. The van der Waals surface area contributed by atoms with E-state index in [-0.39, 0.29) is 0 Å². The van der Waals surface area contributed by atoms with Gasteiger partial charge in [0.1, 0.15) is 0 Å². The summed E-state index contributed by atoms with van der Waals surface area (Å²) < 4.78 is 5.44. The molecule has 0 amide bonds. The Morgan fingerprint density at radius 1 is 1.20 bits per heavy atom. The zero-order valence-corrected chi connectivity index (χ0v) is 7.10. The van der Waals surface area contributed by atoms with Gasteiger partial charge in [0.2, 0.25) is 0 Å². The number of ether oxygens (including phenoxy) is 1. The van der Waals surface area contributed by atoms with Gasteiger partial charge in [-0.2, -0.15) is 0 Å². The molecule has 2 unspecified atom stereocenters. The molecule has 1 saturated heterocycles. The molecule has 0 aliphatic carbocycles. The van der Waals surface area contributed by atoms with Gasteiger partial charge in [0.15, 0.2) is 0 Å². The van der Waals surface area contributed by atoms with Crippen LogP contribution in [0.3, 0.4) is 0 Å². The molecular weight excluding hydrogens is 124 g/mol. The second kappa shape index (κ2) is 3.97. The van der Waals surface area contributed by atoms with Gasteiger partial charge >= 0.3 is 0 Å². The van der Waals surface area contributed by atoms with Gasteiger partial charge in [0.25, 0.3) is 0 Å². The summed E-state index contributed by atoms with van der Waals surface area (Å²) in [7, 11) is 0. The highest BCUT2D eigenvalue weighted by atomic mass is 16.5. The fourth-order valence-electron chi connectivity index (χ4n) is 1.61. The first-order valence-corrected chi connectivity index (χ1v) is 4.50. The average molecular weight is 142 g/mol. The SMILES string of the molecule is CCCC1COC1CCC. The van der Waals surface area contributed by atoms with Gasteiger partial charge in [0.05, 0.1) is 12.7 Å². The summed E-state index contributed by atoms with van der Waals surface area (Å²) in [5, 5.41) is 0. The Morgan fingerprint density at radius 3 is 2.30 bits per heavy atom. The molecule has 2 atom stereocenters. The molecule has 1 fully saturated rings. The largest absolute Gasteiger partial charge is 0.377 e. The van der Waals surface area contributed by atoms with Gasteiger partial charge in [-0.25, -0.2) is 0 Å². The molecule has 1 heteroatoms. The molecule has 0 aromatic carbocycles. The molecule has 1 nitrogen and oxygen atoms in total. The molecule has 0 radical (unpaired) electrons. The molecule has 1 aliphatic rings. The molecule has 10 heavy (non-hydrogen) atoms. The number of hydrogen-bond donors (Lipinski definition) is 0. The van der Waals surface area contributed by atoms with Crippen molar-refractivity contribution in [2.24, 2.45) is 5.92 Å². The van der Waals surface area contributed by atoms with Crippen LogP contribution in [-0.4, -0.2) is 12.7 Å². The third-order valence-electron chi connectivity index (χ3n) is 2.28. The van der Waals surface area contributed by atoms with E-state index < -0.39 is 0 Å². The maximum atomic E-state index is 5.44. The van der Waals surface area contributed by atoms with Crippen LogP contribution in [0, 0.1) is 5.92 Å². The summed E-state index contributed by atoms with van der Waals surface area (Å²) in [5.41, 5.74) is 0. The maximum Gasteiger partial charge on any atom is 0.0625 e. The summed E-state index contributed by atoms with van der Waals surface area (Å²) >= 11 is 0. The highest BCUT2D eigenvalue weighted by Gasteiger charge is 2.29. The predicted octanol–water partition coefficient (Wildman–Crippen LogP) is 2.60. The molecule has 60 valence electrons. The van der Waals surface area contributed by atoms with E-state index >= 15 is 0 Å². The lowest BCUT2D eigenvalue weighted by atomic mass is 9.90. The molecule has 1 heterocycles. The Kier molecular flexibility index (Phi) is 3.20. The summed E-state index contributed by atoms with van der Waals surface area (Å²) in [6.45, 7) is 5.50. The van der Waals surface area contributed by atoms with Crippen LogP contribution in [0.25, 0.3) is 0 Å². The fraction of sp³-hybridized carbons (Fsp3) is 1.00. The molecule has 0 spiro atoms. The first-order chi connectivity index (χ1) is 4.88. The van der Waals surface area contributed by atoms with Crippen LogP contribution in [0.2, 0.25) is 0 Å². The van der Waals surface area contributed by atoms with E-state index in [0.29, 0.717) is 6.10 Å². The van der Waals surface area contributed by atoms with Crippen LogP contribution in [0.5, 0.6) is 0 Å². The minimum absolute atomic E-state index is 0.616. The zero-order chi connectivity index (χ0) is 7.40. The van der Waals surface area contributed by atoms with Crippen molar-refractivity contribution in [3.8, 4) is 0 Å². The van der Waals surface area contributed by atoms with Crippen molar-refractivity contribution in [1.82, 2.24) is 0 Å². The van der Waals surface area contributed by atoms with E-state index in [1.165, 1.54) is 25.7 Å². The summed E-state index contributed by atoms with van der Waals surface area (Å²) in [4.78, 5) is 0. The van der Waals surface area contributed by atoms with Crippen molar-refractivity contribution in [2.75, 3.05) is 6.61 Å². The first kappa shape index (κ1) is 8.06. The van der Waals surface area contributed by atoms with Crippen LogP contribution >= 0.6 is 0 Å². The first-order valence-electron chi connectivity index (χ1n) is 4.50. The van der Waals surface area contributed by atoms with Crippen LogP contribution < -0.4 is 0 Å². The topological polar surface area (TPSA) is 9.23 Å². The van der Waals surface area contributed by atoms with Crippen molar-refractivity contribution in [3.05, 3.63) is 0 Å². The van der Waals surface area contributed by atoms with Crippen molar-refractivity contribution in [1.29, 1.82) is 0 Å². The van der Waals surface area contributed by atoms with E-state index in [4.69, 9.17) is 4.74 Å². The standard InChI is InChI=1S/C9H18O/c1-3-5-8-7-10-9(8)6-4-2/h8-9H,3-7H2,1-2H3. The van der Waals surface area contributed by atoms with Crippen LogP contribution in [-0.2, 0) is 4.74 Å². The van der Waals surface area contributed by atoms with Gasteiger partial charge < -0.3 is 4.74 Å². The highest BCUT2D eigenvalue weighted by Crippen LogP contribution is 2.27. The lowest BCUT2D eigenvalue weighted by molar-refractivity contribution is -0.120. The molecule has 1 rings (SSSR count). The Morgan fingerprint density at radius 2 is 1.90 bits per heavy atom. The Balaban J connectivity index is 2.09. The second-order valence-corrected chi connectivity index (χ2v) is 3.21. The molecule has 0 aromatic rings. The van der Waals surface area contributed by atoms with Crippen molar-refractivity contribution in [2.45, 2.75) is 45.6 Å². The molecule has 0 bridgehead atoms. The smallest absolute Gasteiger partial charge is 0.0625 e. The van der Waals surface area contributed by atoms with E-state index in [0.717, 1.165) is 12.5 Å². The molecule has 0 N–H and O–H groups in total. The normalized spacial score (nSPS) is 31.8. The predicted molar refractivity (Wildman–Crippen MR) is 43.0 cm³/mol. The van der Waals surface area contributed by atoms with E-state index in [2.05, 4.69) is 13.8 Å². The van der Waals surface area contributed by atoms with Gasteiger partial charge in [-0.3, -0.25) is 0 Å². The quantitative estimate of drug-likeness (QED) is 0.586. The lowest BCUT2D eigenvalue weighted by Crippen LogP contribution is -2.39. The number of hydrogen-bond acceptors (Lipinski definition) is 1. The zero-order valence-electron chi connectivity index (χ0n) is 7.10. The fourth-order valence-corrected chi connectivity index (χ4v) is 1.61. The van der Waals surface area contributed by atoms with E-state index in [9.17, 15) is 0 Å². The summed E-state index contributed by atoms with van der Waals surface area (Å²) in [6.07, 6.45) is 5.83. The summed E-state index contributed by atoms with van der Waals surface area (Å²) in [6, 6.07) is 0. The van der Waals surface area contributed by atoms with Gasteiger partial charge in [-0.1, -0.05) is 26.7 Å². The minimum Gasteiger partial charge on any atom is -0.377 e. The van der Waals surface area contributed by atoms with E-state index in [1.807, 2.05) is 0 Å². The monoisotopic (exact) mass is 142 g/mol. The number of rotatable bonds is 4. The molecule has 1 aliphatic heterocycles. The van der Waals surface area contributed by atoms with Crippen LogP contribution in [0.1, 0.15) is 39.5 Å². The third-order valence-corrected chi connectivity index (χ3v) is 2.28. The van der Waals surface area contributed by atoms with Gasteiger partial charge in [0, 0.05) is 5.92 Å². The molecule has 0 aromatic heterocycles. The van der Waals surface area contributed by atoms with Crippen LogP contribution in [0.4, 0.5) is 0 Å². The maximum absolute atomic E-state index is 5.44. The molecule has 0 saturated carbocycles. The molecular formula is C9H18O. The van der Waals surface area contributed by atoms with Crippen molar-refractivity contribution < 1.29 is 4.74 Å².